The van der Waals surface area contributed by atoms with Crippen LogP contribution < -0.4 is 0 Å². The Balaban J connectivity index is -0.0000000200. The van der Waals surface area contributed by atoms with Gasteiger partial charge in [-0.3, -0.25) is 0 Å². The topological polar surface area (TPSA) is 60.0 Å². The summed E-state index contributed by atoms with van der Waals surface area (Å²) in [5.41, 5.74) is 0. The van der Waals surface area contributed by atoms with Gasteiger partial charge in [-0.05, 0) is 0 Å². The van der Waals surface area contributed by atoms with Crippen molar-refractivity contribution in [3.05, 3.63) is 0 Å². The largest absolute Gasteiger partial charge is 0.870 e. The Hall–Kier alpha value is -0.0151. The van der Waals surface area contributed by atoms with E-state index in [1.54, 1.807) is 0 Å². The predicted molar refractivity (Wildman–Crippen MR) is 20.1 cm³/mol. The van der Waals surface area contributed by atoms with E-state index in [-0.39, 0.29) is 11.0 Å². The first-order valence-electron chi connectivity index (χ1n) is 1.12. The second kappa shape index (κ2) is 36.6. The molecule has 0 spiro atoms. The zero-order valence-corrected chi connectivity index (χ0v) is 3.18. The van der Waals surface area contributed by atoms with Gasteiger partial charge < -0.3 is 11.0 Å². The second-order valence-corrected chi connectivity index (χ2v) is 0.408. The number of rotatable bonds is 0. The van der Waals surface area contributed by atoms with E-state index in [1.807, 2.05) is 6.92 Å². The Bertz CT molecular complexity index is 7.61. The van der Waals surface area contributed by atoms with Crippen LogP contribution in [0.1, 0.15) is 6.92 Å². The molecule has 0 aliphatic heterocycles. The maximum atomic E-state index is 4.85. The van der Waals surface area contributed by atoms with Crippen LogP contribution in [-0.2, 0) is 0 Å². The Morgan fingerprint density at radius 1 is 1.40 bits per heavy atom. The Labute approximate surface area is 33.2 Å². The molecule has 0 aromatic carbocycles. The van der Waals surface area contributed by atoms with Crippen molar-refractivity contribution in [2.45, 2.75) is 13.2 Å². The molecule has 2 nitrogen and oxygen atoms in total. The summed E-state index contributed by atoms with van der Waals surface area (Å²) < 4.78 is 0. The maximum Gasteiger partial charge on any atom is -0.870 e. The second-order valence-electron chi connectivity index (χ2n) is 0.408. The minimum Gasteiger partial charge on any atom is -0.870 e. The van der Waals surface area contributed by atoms with Crippen LogP contribution in [0.5, 0.6) is 0 Å². The normalized spacial score (nSPS) is 3.80. The Morgan fingerprint density at radius 3 is 1.40 bits per heavy atom. The minimum absolute atomic E-state index is 0. The van der Waals surface area contributed by atoms with Crippen molar-refractivity contribution in [1.82, 2.24) is 0 Å². The summed E-state index contributed by atoms with van der Waals surface area (Å²) >= 11 is 0. The third-order valence-corrected chi connectivity index (χ3v) is 0. The zero-order valence-electron chi connectivity index (χ0n) is 3.18. The third kappa shape index (κ3) is 69200. The molecule has 3 heteroatoms. The summed E-state index contributed by atoms with van der Waals surface area (Å²) in [4.78, 5) is 0. The molecule has 0 saturated heterocycles. The van der Waals surface area contributed by atoms with Gasteiger partial charge in [0.1, 0.15) is 0 Å². The fraction of sp³-hybridized carbons (Fsp3) is 1.00. The van der Waals surface area contributed by atoms with Crippen LogP contribution in [0.25, 0.3) is 0 Å². The van der Waals surface area contributed by atoms with Gasteiger partial charge in [0.05, 0.1) is 0 Å². The van der Waals surface area contributed by atoms with E-state index >= 15 is 0 Å². The Kier molecular flexibility index (Phi) is 147. The van der Waals surface area contributed by atoms with Gasteiger partial charge >= 0.3 is 21.1 Å². The molecule has 0 heterocycles. The first kappa shape index (κ1) is 20.1. The molecule has 0 unspecified atom stereocenters. The first-order valence-corrected chi connectivity index (χ1v) is 1.12. The summed E-state index contributed by atoms with van der Waals surface area (Å²) in [6, 6.07) is 0. The van der Waals surface area contributed by atoms with Gasteiger partial charge in [-0.1, -0.05) is 0 Å². The van der Waals surface area contributed by atoms with Crippen LogP contribution in [-0.4, -0.2) is 18.8 Å². The average molecular weight is 73.9 g/mol. The molecular weight excluding hydrogens is 66.8 g/mol. The third-order valence-electron chi connectivity index (χ3n) is 0. The molecule has 0 atom stereocenters. The summed E-state index contributed by atoms with van der Waals surface area (Å²) in [5, 5.41) is 0. The van der Waals surface area contributed by atoms with E-state index in [1.165, 1.54) is 0 Å². The van der Waals surface area contributed by atoms with Gasteiger partial charge in [0.15, 0.2) is 0 Å². The van der Waals surface area contributed by atoms with Crippen molar-refractivity contribution < 1.29 is 11.0 Å². The molecule has 0 fully saturated rings. The summed E-state index contributed by atoms with van der Waals surface area (Å²) in [6.07, 6.45) is 0.750. The fourth-order valence-electron chi connectivity index (χ4n) is 0. The predicted octanol–water partition coefficient (Wildman–Crippen LogP) is 0.239. The van der Waals surface area contributed by atoms with Crippen LogP contribution in [0, 0.1) is 0 Å². The van der Waals surface area contributed by atoms with E-state index in [0.29, 0.717) is 0 Å². The molecule has 0 radical (unpaired) electrons. The summed E-state index contributed by atoms with van der Waals surface area (Å²) in [7, 11) is 4.85. The van der Waals surface area contributed by atoms with Crippen molar-refractivity contribution in [2.24, 2.45) is 0 Å². The SMILES string of the molecule is [B+2]CC.[OH-].[OH-]. The van der Waals surface area contributed by atoms with E-state index in [2.05, 4.69) is 0 Å². The molecule has 5 heavy (non-hydrogen) atoms. The van der Waals surface area contributed by atoms with E-state index in [9.17, 15) is 0 Å². The molecule has 0 amide bonds. The van der Waals surface area contributed by atoms with Gasteiger partial charge in [0.2, 0.25) is 0 Å². The molecule has 0 aromatic heterocycles. The molecule has 0 saturated carbocycles. The average Bonchev–Trinajstić information content (AvgIpc) is 0.918. The molecule has 30 valence electrons. The van der Waals surface area contributed by atoms with Gasteiger partial charge in [-0.25, -0.2) is 0 Å². The van der Waals surface area contributed by atoms with Crippen LogP contribution in [0.4, 0.5) is 0 Å². The van der Waals surface area contributed by atoms with Crippen LogP contribution >= 0.6 is 0 Å². The molecule has 0 bridgehead atoms. The monoisotopic (exact) mass is 74.1 g/mol. The van der Waals surface area contributed by atoms with Gasteiger partial charge in [0, 0.05) is 0 Å². The van der Waals surface area contributed by atoms with Crippen molar-refractivity contribution in [3.63, 3.8) is 0 Å². The maximum absolute atomic E-state index is 4.85. The van der Waals surface area contributed by atoms with Crippen LogP contribution in [0.15, 0.2) is 0 Å². The van der Waals surface area contributed by atoms with Crippen molar-refractivity contribution >= 4 is 7.85 Å². The van der Waals surface area contributed by atoms with E-state index < -0.39 is 0 Å². The van der Waals surface area contributed by atoms with E-state index in [4.69, 9.17) is 7.85 Å². The van der Waals surface area contributed by atoms with E-state index in [0.717, 1.165) is 6.32 Å². The number of hydrogen-bond donors (Lipinski definition) is 0. The standard InChI is InChI=1S/C2H5B.2H2O/c1-2-3;;/h2H2,1H3;2*1H2/q+2;;/p-2. The van der Waals surface area contributed by atoms with Crippen LogP contribution in [0.3, 0.4) is 0 Å². The zero-order chi connectivity index (χ0) is 2.71. The van der Waals surface area contributed by atoms with Crippen molar-refractivity contribution in [2.75, 3.05) is 0 Å². The van der Waals surface area contributed by atoms with Gasteiger partial charge in [0.25, 0.3) is 0 Å². The molecule has 0 aliphatic rings. The van der Waals surface area contributed by atoms with Crippen LogP contribution in [0.2, 0.25) is 6.32 Å². The molecular formula is C2H7BO2. The molecule has 0 rings (SSSR count). The van der Waals surface area contributed by atoms with Gasteiger partial charge in [-0.15, -0.1) is 0 Å². The fourth-order valence-corrected chi connectivity index (χ4v) is 0. The smallest absolute Gasteiger partial charge is 0.870 e. The first-order chi connectivity index (χ1) is 1.41. The summed E-state index contributed by atoms with van der Waals surface area (Å²) in [6.45, 7) is 1.90. The number of hydrogen-bond acceptors (Lipinski definition) is 2. The minimum atomic E-state index is 0. The molecule has 2 N–H and O–H groups in total. The summed E-state index contributed by atoms with van der Waals surface area (Å²) in [5.74, 6) is 0. The van der Waals surface area contributed by atoms with Crippen molar-refractivity contribution in [1.29, 1.82) is 0 Å². The van der Waals surface area contributed by atoms with Crippen molar-refractivity contribution in [3.8, 4) is 0 Å². The Morgan fingerprint density at radius 2 is 1.40 bits per heavy atom. The quantitative estimate of drug-likeness (QED) is 0.386. The van der Waals surface area contributed by atoms with Gasteiger partial charge in [-0.2, -0.15) is 0 Å². The molecule has 0 aliphatic carbocycles. The molecule has 0 aromatic rings.